The molecule has 3 aliphatic carbocycles. The highest BCUT2D eigenvalue weighted by atomic mass is 16.5. The Labute approximate surface area is 217 Å². The van der Waals surface area contributed by atoms with Crippen molar-refractivity contribution in [2.24, 2.45) is 34.5 Å². The third kappa shape index (κ3) is 6.54. The van der Waals surface area contributed by atoms with Gasteiger partial charge in [-0.2, -0.15) is 0 Å². The maximum atomic E-state index is 12.6. The number of carbonyl (C=O) groups excluding carboxylic acids is 2. The average molecular weight is 497 g/mol. The highest BCUT2D eigenvalue weighted by molar-refractivity contribution is 6.00. The Kier molecular flexibility index (Phi) is 9.15. The van der Waals surface area contributed by atoms with Crippen LogP contribution in [0.5, 0.6) is 0 Å². The Balaban J connectivity index is 0.000000319. The molecule has 5 heteroatoms. The molecule has 36 heavy (non-hydrogen) atoms. The van der Waals surface area contributed by atoms with Crippen molar-refractivity contribution in [3.63, 3.8) is 0 Å². The van der Waals surface area contributed by atoms with Crippen molar-refractivity contribution in [3.05, 3.63) is 59.3 Å². The van der Waals surface area contributed by atoms with Gasteiger partial charge >= 0.3 is 11.9 Å². The normalized spacial score (nSPS) is 29.1. The first-order chi connectivity index (χ1) is 16.6. The molecule has 0 aromatic rings. The smallest absolute Gasteiger partial charge is 0.310 e. The summed E-state index contributed by atoms with van der Waals surface area (Å²) in [4.78, 5) is 35.5. The molecule has 0 saturated heterocycles. The van der Waals surface area contributed by atoms with Crippen molar-refractivity contribution >= 4 is 17.7 Å². The van der Waals surface area contributed by atoms with Crippen molar-refractivity contribution in [2.45, 2.75) is 81.3 Å². The van der Waals surface area contributed by atoms with Gasteiger partial charge in [-0.15, -0.1) is 0 Å². The summed E-state index contributed by atoms with van der Waals surface area (Å²) in [5.41, 5.74) is 3.97. The van der Waals surface area contributed by atoms with E-state index in [2.05, 4.69) is 32.6 Å². The maximum absolute atomic E-state index is 12.6. The summed E-state index contributed by atoms with van der Waals surface area (Å²) in [5, 5.41) is 8.84. The number of hydrogen-bond acceptors (Lipinski definition) is 4. The topological polar surface area (TPSA) is 80.7 Å². The van der Waals surface area contributed by atoms with Gasteiger partial charge in [-0.05, 0) is 69.3 Å². The Morgan fingerprint density at radius 1 is 1.00 bits per heavy atom. The number of carboxylic acid groups (broad SMARTS) is 1. The van der Waals surface area contributed by atoms with Crippen LogP contribution in [0, 0.1) is 34.5 Å². The summed E-state index contributed by atoms with van der Waals surface area (Å²) >= 11 is 0. The minimum absolute atomic E-state index is 0.0386. The molecule has 0 aliphatic heterocycles. The number of Topliss-reactive ketones (excluding diaryl/α,β-unsaturated/α-hetero) is 1. The summed E-state index contributed by atoms with van der Waals surface area (Å²) in [5.74, 6) is -0.584. The molecule has 3 aliphatic rings. The van der Waals surface area contributed by atoms with Gasteiger partial charge in [-0.25, -0.2) is 0 Å². The van der Waals surface area contributed by atoms with E-state index >= 15 is 0 Å². The largest absolute Gasteiger partial charge is 0.481 e. The predicted octanol–water partition coefficient (Wildman–Crippen LogP) is 6.87. The lowest BCUT2D eigenvalue weighted by molar-refractivity contribution is -0.150. The van der Waals surface area contributed by atoms with Crippen LogP contribution < -0.4 is 0 Å². The first-order valence-corrected chi connectivity index (χ1v) is 12.8. The Bertz CT molecular complexity index is 1030. The monoisotopic (exact) mass is 496 g/mol. The second-order valence-corrected chi connectivity index (χ2v) is 12.1. The molecule has 0 bridgehead atoms. The van der Waals surface area contributed by atoms with E-state index in [1.807, 2.05) is 60.6 Å². The van der Waals surface area contributed by atoms with Crippen molar-refractivity contribution in [1.82, 2.24) is 0 Å². The standard InChI is InChI=1S/C21H28O3.C10H16O2/c1-7-8-9-10-15-14(4)18(12-17(15)22)24-20(23)19-16(11-13(2)3)21(19,5)6;1-6(2)5-7-8(9(11)12)10(7,3)4/h7-9,11,16,18-19H,1,10,12H2,2-6H3;5,7-8H,1-4H3,(H,11,12)/b9-8-;/t16-,18+,19+;7-,8+/m11/s1. The van der Waals surface area contributed by atoms with Crippen LogP contribution in [0.15, 0.2) is 59.3 Å². The van der Waals surface area contributed by atoms with Crippen LogP contribution >= 0.6 is 0 Å². The van der Waals surface area contributed by atoms with Crippen LogP contribution in [-0.4, -0.2) is 28.9 Å². The molecule has 2 fully saturated rings. The lowest BCUT2D eigenvalue weighted by atomic mass is 10.1. The third-order valence-corrected chi connectivity index (χ3v) is 7.89. The highest BCUT2D eigenvalue weighted by Gasteiger charge is 2.62. The molecule has 0 aromatic carbocycles. The van der Waals surface area contributed by atoms with E-state index in [4.69, 9.17) is 9.84 Å². The van der Waals surface area contributed by atoms with Gasteiger partial charge in [0, 0.05) is 5.57 Å². The minimum atomic E-state index is -0.664. The number of carboxylic acids is 1. The van der Waals surface area contributed by atoms with E-state index in [-0.39, 0.29) is 52.7 Å². The van der Waals surface area contributed by atoms with Crippen molar-refractivity contribution in [1.29, 1.82) is 0 Å². The van der Waals surface area contributed by atoms with E-state index in [0.29, 0.717) is 6.42 Å². The third-order valence-electron chi connectivity index (χ3n) is 7.89. The van der Waals surface area contributed by atoms with Gasteiger partial charge in [0.25, 0.3) is 0 Å². The van der Waals surface area contributed by atoms with Crippen molar-refractivity contribution < 1.29 is 24.2 Å². The molecule has 0 amide bonds. The summed E-state index contributed by atoms with van der Waals surface area (Å²) < 4.78 is 5.71. The molecule has 5 nitrogen and oxygen atoms in total. The molecule has 0 spiro atoms. The van der Waals surface area contributed by atoms with E-state index in [1.165, 1.54) is 11.1 Å². The molecule has 198 valence electrons. The molecular weight excluding hydrogens is 452 g/mol. The zero-order chi connectivity index (χ0) is 27.6. The van der Waals surface area contributed by atoms with Crippen LogP contribution in [0.25, 0.3) is 0 Å². The molecular formula is C31H44O5. The van der Waals surface area contributed by atoms with Gasteiger partial charge in [0.2, 0.25) is 0 Å². The van der Waals surface area contributed by atoms with E-state index in [1.54, 1.807) is 6.08 Å². The molecule has 0 radical (unpaired) electrons. The van der Waals surface area contributed by atoms with Crippen LogP contribution in [-0.2, 0) is 19.1 Å². The van der Waals surface area contributed by atoms with Crippen LogP contribution in [0.4, 0.5) is 0 Å². The fraction of sp³-hybridized carbons (Fsp3) is 0.581. The van der Waals surface area contributed by atoms with Gasteiger partial charge < -0.3 is 9.84 Å². The predicted molar refractivity (Wildman–Crippen MR) is 144 cm³/mol. The lowest BCUT2D eigenvalue weighted by Crippen LogP contribution is -2.20. The average Bonchev–Trinajstić information content (AvgIpc) is 3.44. The van der Waals surface area contributed by atoms with Crippen LogP contribution in [0.1, 0.15) is 75.2 Å². The molecule has 1 N–H and O–H groups in total. The number of hydrogen-bond donors (Lipinski definition) is 1. The zero-order valence-corrected chi connectivity index (χ0v) is 23.5. The number of rotatable bonds is 8. The molecule has 0 unspecified atom stereocenters. The summed E-state index contributed by atoms with van der Waals surface area (Å²) in [7, 11) is 0. The van der Waals surface area contributed by atoms with E-state index < -0.39 is 12.1 Å². The summed E-state index contributed by atoms with van der Waals surface area (Å²) in [6.07, 6.45) is 10.1. The molecule has 2 saturated carbocycles. The zero-order valence-electron chi connectivity index (χ0n) is 23.5. The van der Waals surface area contributed by atoms with E-state index in [9.17, 15) is 14.4 Å². The Morgan fingerprint density at radius 3 is 1.94 bits per heavy atom. The van der Waals surface area contributed by atoms with Crippen molar-refractivity contribution in [3.8, 4) is 0 Å². The number of ketones is 1. The Hall–Kier alpha value is -2.69. The quantitative estimate of drug-likeness (QED) is 0.225. The summed E-state index contributed by atoms with van der Waals surface area (Å²) in [6, 6.07) is 0. The fourth-order valence-corrected chi connectivity index (χ4v) is 5.38. The second-order valence-electron chi connectivity index (χ2n) is 12.1. The van der Waals surface area contributed by atoms with Gasteiger partial charge in [-0.1, -0.05) is 75.8 Å². The Morgan fingerprint density at radius 2 is 1.50 bits per heavy atom. The molecule has 5 atom stereocenters. The van der Waals surface area contributed by atoms with Gasteiger partial charge in [0.15, 0.2) is 5.78 Å². The van der Waals surface area contributed by atoms with Gasteiger partial charge in [-0.3, -0.25) is 14.4 Å². The van der Waals surface area contributed by atoms with Crippen molar-refractivity contribution in [2.75, 3.05) is 0 Å². The highest BCUT2D eigenvalue weighted by Crippen LogP contribution is 2.60. The van der Waals surface area contributed by atoms with Crippen LogP contribution in [0.2, 0.25) is 0 Å². The number of carbonyl (C=O) groups is 3. The van der Waals surface area contributed by atoms with Gasteiger partial charge in [0.05, 0.1) is 18.3 Å². The lowest BCUT2D eigenvalue weighted by Gasteiger charge is -2.13. The first kappa shape index (κ1) is 29.5. The number of allylic oxidation sites excluding steroid dienone is 8. The first-order valence-electron chi connectivity index (χ1n) is 12.8. The summed E-state index contributed by atoms with van der Waals surface area (Å²) in [6.45, 7) is 21.8. The molecule has 3 rings (SSSR count). The van der Waals surface area contributed by atoms with Crippen LogP contribution in [0.3, 0.4) is 0 Å². The SMILES string of the molecule is C=C/C=C\CC1=C(C)[C@@H](OC(=O)[C@@H]2[C@@H](C=C(C)C)C2(C)C)CC1=O.CC(C)=C[C@@H]1[C@@H](C(=O)O)C1(C)C. The molecule has 0 aromatic heterocycles. The number of aliphatic carboxylic acids is 1. The molecule has 0 heterocycles. The van der Waals surface area contributed by atoms with E-state index in [0.717, 1.165) is 11.1 Å². The number of ether oxygens (including phenoxy) is 1. The van der Waals surface area contributed by atoms with Gasteiger partial charge in [0.1, 0.15) is 6.10 Å². The maximum Gasteiger partial charge on any atom is 0.310 e. The number of esters is 1. The fourth-order valence-electron chi connectivity index (χ4n) is 5.38. The second kappa shape index (κ2) is 11.1. The minimum Gasteiger partial charge on any atom is -0.481 e.